The first-order valence-corrected chi connectivity index (χ1v) is 9.84. The first-order chi connectivity index (χ1) is 14.3. The van der Waals surface area contributed by atoms with E-state index in [1.54, 1.807) is 7.11 Å². The Hall–Kier alpha value is -3.29. The minimum absolute atomic E-state index is 0.0483. The molecule has 3 heterocycles. The molecule has 1 aromatic carbocycles. The van der Waals surface area contributed by atoms with Crippen LogP contribution in [0.15, 0.2) is 48.7 Å². The first-order valence-electron chi connectivity index (χ1n) is 9.84. The maximum Gasteiger partial charge on any atom is 0.231 e. The number of nitrogens with zero attached hydrogens (tertiary/aromatic N) is 4. The van der Waals surface area contributed by atoms with Gasteiger partial charge in [0.05, 0.1) is 19.6 Å². The van der Waals surface area contributed by atoms with E-state index in [0.29, 0.717) is 31.2 Å². The minimum atomic E-state index is -0.0777. The van der Waals surface area contributed by atoms with Crippen molar-refractivity contribution < 1.29 is 14.3 Å². The molecule has 1 saturated heterocycles. The zero-order valence-corrected chi connectivity index (χ0v) is 16.5. The van der Waals surface area contributed by atoms with Crippen molar-refractivity contribution in [1.82, 2.24) is 19.9 Å². The number of aromatic nitrogens is 3. The van der Waals surface area contributed by atoms with Crippen LogP contribution in [0.4, 0.5) is 5.95 Å². The van der Waals surface area contributed by atoms with Crippen molar-refractivity contribution in [3.8, 4) is 11.5 Å². The number of hydrogen-bond donors (Lipinski definition) is 1. The number of anilines is 1. The molecule has 1 aliphatic rings. The van der Waals surface area contributed by atoms with Gasteiger partial charge in [-0.15, -0.1) is 10.2 Å². The molecule has 0 bridgehead atoms. The quantitative estimate of drug-likeness (QED) is 0.618. The highest BCUT2D eigenvalue weighted by Gasteiger charge is 2.27. The second kappa shape index (κ2) is 8.81. The number of para-hydroxylation sites is 2. The molecule has 8 nitrogen and oxygen atoms in total. The Morgan fingerprint density at radius 3 is 2.86 bits per heavy atom. The van der Waals surface area contributed by atoms with Gasteiger partial charge in [0.15, 0.2) is 17.1 Å². The molecule has 1 atom stereocenters. The van der Waals surface area contributed by atoms with Crippen LogP contribution in [0.3, 0.4) is 0 Å². The average molecular weight is 395 g/mol. The molecule has 0 aliphatic carbocycles. The normalized spacial score (nSPS) is 16.6. The lowest BCUT2D eigenvalue weighted by atomic mass is 9.97. The lowest BCUT2D eigenvalue weighted by molar-refractivity contribution is -0.125. The van der Waals surface area contributed by atoms with Crippen molar-refractivity contribution >= 4 is 17.5 Å². The number of amides is 1. The molecule has 0 saturated carbocycles. The van der Waals surface area contributed by atoms with Gasteiger partial charge in [-0.25, -0.2) is 0 Å². The van der Waals surface area contributed by atoms with Gasteiger partial charge in [-0.3, -0.25) is 9.20 Å². The van der Waals surface area contributed by atoms with Crippen molar-refractivity contribution in [2.45, 2.75) is 12.8 Å². The third-order valence-electron chi connectivity index (χ3n) is 5.10. The monoisotopic (exact) mass is 395 g/mol. The smallest absolute Gasteiger partial charge is 0.231 e. The van der Waals surface area contributed by atoms with Crippen LogP contribution in [-0.4, -0.2) is 53.9 Å². The number of carbonyl (C=O) groups excluding carboxylic acids is 1. The fourth-order valence-corrected chi connectivity index (χ4v) is 3.63. The molecule has 0 spiro atoms. The Kier molecular flexibility index (Phi) is 5.79. The van der Waals surface area contributed by atoms with Gasteiger partial charge in [0, 0.05) is 19.3 Å². The van der Waals surface area contributed by atoms with Crippen LogP contribution in [0.25, 0.3) is 5.65 Å². The molecule has 1 aliphatic heterocycles. The summed E-state index contributed by atoms with van der Waals surface area (Å²) in [6.45, 7) is 2.34. The number of nitrogens with one attached hydrogen (secondary N) is 1. The van der Waals surface area contributed by atoms with Crippen LogP contribution in [0.2, 0.25) is 0 Å². The molecule has 3 aromatic rings. The molecule has 0 unspecified atom stereocenters. The summed E-state index contributed by atoms with van der Waals surface area (Å²) < 4.78 is 12.9. The van der Waals surface area contributed by atoms with E-state index >= 15 is 0 Å². The third kappa shape index (κ3) is 4.26. The largest absolute Gasteiger partial charge is 0.493 e. The fourth-order valence-electron chi connectivity index (χ4n) is 3.63. The molecule has 2 aromatic heterocycles. The van der Waals surface area contributed by atoms with Crippen molar-refractivity contribution in [1.29, 1.82) is 0 Å². The Morgan fingerprint density at radius 2 is 2.00 bits per heavy atom. The van der Waals surface area contributed by atoms with E-state index in [-0.39, 0.29) is 11.8 Å². The Morgan fingerprint density at radius 1 is 1.17 bits per heavy atom. The average Bonchev–Trinajstić information content (AvgIpc) is 3.21. The van der Waals surface area contributed by atoms with Crippen LogP contribution in [0, 0.1) is 5.92 Å². The second-order valence-electron chi connectivity index (χ2n) is 7.00. The van der Waals surface area contributed by atoms with Crippen LogP contribution in [0.5, 0.6) is 11.5 Å². The summed E-state index contributed by atoms with van der Waals surface area (Å²) in [6.07, 6.45) is 3.76. The molecular weight excluding hydrogens is 370 g/mol. The Labute approximate surface area is 169 Å². The number of benzene rings is 1. The number of ether oxygens (including phenoxy) is 2. The van der Waals surface area contributed by atoms with E-state index in [9.17, 15) is 4.79 Å². The van der Waals surface area contributed by atoms with Gasteiger partial charge in [0.25, 0.3) is 0 Å². The van der Waals surface area contributed by atoms with Crippen LogP contribution in [-0.2, 0) is 4.79 Å². The predicted octanol–water partition coefficient (Wildman–Crippen LogP) is 2.15. The lowest BCUT2D eigenvalue weighted by Crippen LogP contribution is -2.44. The van der Waals surface area contributed by atoms with Crippen LogP contribution < -0.4 is 19.7 Å². The molecule has 4 rings (SSSR count). The van der Waals surface area contributed by atoms with Crippen molar-refractivity contribution in [2.24, 2.45) is 5.92 Å². The van der Waals surface area contributed by atoms with E-state index in [1.807, 2.05) is 53.1 Å². The predicted molar refractivity (Wildman–Crippen MR) is 109 cm³/mol. The summed E-state index contributed by atoms with van der Waals surface area (Å²) in [5.74, 6) is 2.12. The fraction of sp³-hybridized carbons (Fsp3) is 0.381. The molecular formula is C21H25N5O3. The highest BCUT2D eigenvalue weighted by atomic mass is 16.5. The maximum absolute atomic E-state index is 12.7. The van der Waals surface area contributed by atoms with Gasteiger partial charge < -0.3 is 19.7 Å². The summed E-state index contributed by atoms with van der Waals surface area (Å²) in [4.78, 5) is 14.8. The van der Waals surface area contributed by atoms with E-state index in [0.717, 1.165) is 31.0 Å². The highest BCUT2D eigenvalue weighted by Crippen LogP contribution is 2.25. The SMILES string of the molecule is COc1ccccc1OCCNC(=O)[C@H]1CCCN(c2nnc3ccccn23)C1. The summed E-state index contributed by atoms with van der Waals surface area (Å²) in [5.41, 5.74) is 0.808. The molecule has 0 radical (unpaired) electrons. The van der Waals surface area contributed by atoms with Gasteiger partial charge in [-0.05, 0) is 37.1 Å². The number of piperidine rings is 1. The summed E-state index contributed by atoms with van der Waals surface area (Å²) >= 11 is 0. The Bertz CT molecular complexity index is 974. The minimum Gasteiger partial charge on any atom is -0.493 e. The summed E-state index contributed by atoms with van der Waals surface area (Å²) in [5, 5.41) is 11.5. The molecule has 1 amide bonds. The van der Waals surface area contributed by atoms with Crippen molar-refractivity contribution in [3.05, 3.63) is 48.7 Å². The molecule has 1 N–H and O–H groups in total. The number of pyridine rings is 1. The zero-order chi connectivity index (χ0) is 20.1. The van der Waals surface area contributed by atoms with Crippen LogP contribution >= 0.6 is 0 Å². The lowest BCUT2D eigenvalue weighted by Gasteiger charge is -2.31. The van der Waals surface area contributed by atoms with Crippen LogP contribution in [0.1, 0.15) is 12.8 Å². The topological polar surface area (TPSA) is 81.0 Å². The van der Waals surface area contributed by atoms with Crippen molar-refractivity contribution in [3.63, 3.8) is 0 Å². The van der Waals surface area contributed by atoms with Gasteiger partial charge in [-0.1, -0.05) is 18.2 Å². The van der Waals surface area contributed by atoms with Gasteiger partial charge in [0.1, 0.15) is 6.61 Å². The van der Waals surface area contributed by atoms with E-state index in [4.69, 9.17) is 9.47 Å². The Balaban J connectivity index is 1.30. The number of fused-ring (bicyclic) bond motifs is 1. The van der Waals surface area contributed by atoms with E-state index < -0.39 is 0 Å². The van der Waals surface area contributed by atoms with E-state index in [2.05, 4.69) is 20.4 Å². The summed E-state index contributed by atoms with van der Waals surface area (Å²) in [7, 11) is 1.61. The highest BCUT2D eigenvalue weighted by molar-refractivity contribution is 5.79. The molecule has 29 heavy (non-hydrogen) atoms. The number of hydrogen-bond acceptors (Lipinski definition) is 6. The van der Waals surface area contributed by atoms with Gasteiger partial charge in [0.2, 0.25) is 11.9 Å². The molecule has 1 fully saturated rings. The zero-order valence-electron chi connectivity index (χ0n) is 16.5. The van der Waals surface area contributed by atoms with Gasteiger partial charge in [-0.2, -0.15) is 0 Å². The van der Waals surface area contributed by atoms with E-state index in [1.165, 1.54) is 0 Å². The second-order valence-corrected chi connectivity index (χ2v) is 7.00. The first kappa shape index (κ1) is 19.0. The number of carbonyl (C=O) groups is 1. The third-order valence-corrected chi connectivity index (χ3v) is 5.10. The number of rotatable bonds is 7. The standard InChI is InChI=1S/C21H25N5O3/c1-28-17-8-2-3-9-18(17)29-14-11-22-20(27)16-7-6-12-25(15-16)21-24-23-19-10-4-5-13-26(19)21/h2-5,8-10,13,16H,6-7,11-12,14-15H2,1H3,(H,22,27)/t16-/m0/s1. The van der Waals surface area contributed by atoms with Crippen molar-refractivity contribution in [2.75, 3.05) is 38.3 Å². The summed E-state index contributed by atoms with van der Waals surface area (Å²) in [6, 6.07) is 13.3. The molecule has 152 valence electrons. The van der Waals surface area contributed by atoms with Gasteiger partial charge >= 0.3 is 0 Å². The number of methoxy groups -OCH3 is 1. The molecule has 8 heteroatoms. The maximum atomic E-state index is 12.7.